The zero-order valence-corrected chi connectivity index (χ0v) is 12.9. The van der Waals surface area contributed by atoms with E-state index in [1.807, 2.05) is 6.92 Å². The molecule has 1 rings (SSSR count). The standard InChI is InChI=1S/C14H24N2O2S/c1-4-6-7-9-14(10(3)8-5-2)11(17)15-13(19)16-12(14)18/h10H,4-9H2,1-3H3,(H2,15,16,17,18,19)/t10-/m0/s1. The van der Waals surface area contributed by atoms with Gasteiger partial charge in [-0.15, -0.1) is 0 Å². The third-order valence-corrected chi connectivity index (χ3v) is 4.21. The monoisotopic (exact) mass is 284 g/mol. The van der Waals surface area contributed by atoms with E-state index in [0.29, 0.717) is 6.42 Å². The molecule has 0 bridgehead atoms. The van der Waals surface area contributed by atoms with E-state index in [0.717, 1.165) is 32.1 Å². The number of unbranched alkanes of at least 4 members (excludes halogenated alkanes) is 2. The minimum Gasteiger partial charge on any atom is -0.302 e. The Kier molecular flexibility index (Phi) is 5.91. The molecular formula is C14H24N2O2S. The van der Waals surface area contributed by atoms with Crippen LogP contribution in [0.15, 0.2) is 0 Å². The van der Waals surface area contributed by atoms with Gasteiger partial charge in [0.25, 0.3) is 0 Å². The van der Waals surface area contributed by atoms with E-state index in [4.69, 9.17) is 12.2 Å². The molecule has 1 saturated heterocycles. The Bertz CT molecular complexity index is 348. The van der Waals surface area contributed by atoms with E-state index >= 15 is 0 Å². The molecule has 0 aliphatic carbocycles. The SMILES string of the molecule is CCCCCC1([C@@H](C)CCC)C(=O)NC(=S)NC1=O. The number of thiocarbonyl (C=S) groups is 1. The number of nitrogens with one attached hydrogen (secondary N) is 2. The van der Waals surface area contributed by atoms with Crippen LogP contribution < -0.4 is 10.6 Å². The minimum absolute atomic E-state index is 0.0254. The normalized spacial score (nSPS) is 19.8. The second-order valence-corrected chi connectivity index (χ2v) is 5.76. The van der Waals surface area contributed by atoms with Gasteiger partial charge in [0.15, 0.2) is 5.11 Å². The van der Waals surface area contributed by atoms with E-state index in [9.17, 15) is 9.59 Å². The van der Waals surface area contributed by atoms with Gasteiger partial charge in [-0.1, -0.05) is 46.5 Å². The Hall–Kier alpha value is -0.970. The summed E-state index contributed by atoms with van der Waals surface area (Å²) in [5, 5.41) is 5.38. The van der Waals surface area contributed by atoms with Crippen molar-refractivity contribution in [3.63, 3.8) is 0 Å². The highest BCUT2D eigenvalue weighted by Gasteiger charge is 2.52. The Balaban J connectivity index is 2.98. The maximum absolute atomic E-state index is 12.4. The first-order valence-corrected chi connectivity index (χ1v) is 7.56. The maximum atomic E-state index is 12.4. The van der Waals surface area contributed by atoms with Crippen molar-refractivity contribution in [2.75, 3.05) is 0 Å². The second kappa shape index (κ2) is 6.98. The summed E-state index contributed by atoms with van der Waals surface area (Å²) >= 11 is 4.89. The molecule has 2 N–H and O–H groups in total. The van der Waals surface area contributed by atoms with E-state index in [2.05, 4.69) is 24.5 Å². The third-order valence-electron chi connectivity index (χ3n) is 4.00. The quantitative estimate of drug-likeness (QED) is 0.429. The molecule has 2 amide bonds. The molecule has 1 fully saturated rings. The predicted molar refractivity (Wildman–Crippen MR) is 79.5 cm³/mol. The molecule has 0 aromatic rings. The van der Waals surface area contributed by atoms with Gasteiger partial charge in [-0.3, -0.25) is 9.59 Å². The first kappa shape index (κ1) is 16.1. The van der Waals surface area contributed by atoms with Crippen molar-refractivity contribution in [1.29, 1.82) is 0 Å². The van der Waals surface area contributed by atoms with Crippen molar-refractivity contribution in [1.82, 2.24) is 10.6 Å². The maximum Gasteiger partial charge on any atom is 0.242 e. The smallest absolute Gasteiger partial charge is 0.242 e. The van der Waals surface area contributed by atoms with E-state index in [1.54, 1.807) is 0 Å². The number of amides is 2. The Morgan fingerprint density at radius 2 is 1.68 bits per heavy atom. The summed E-state index contributed by atoms with van der Waals surface area (Å²) in [6, 6.07) is 0. The molecule has 19 heavy (non-hydrogen) atoms. The van der Waals surface area contributed by atoms with Crippen molar-refractivity contribution in [3.05, 3.63) is 0 Å². The molecule has 0 unspecified atom stereocenters. The summed E-state index contributed by atoms with van der Waals surface area (Å²) in [7, 11) is 0. The molecule has 1 aliphatic heterocycles. The first-order valence-electron chi connectivity index (χ1n) is 7.15. The molecular weight excluding hydrogens is 260 g/mol. The third kappa shape index (κ3) is 3.32. The zero-order chi connectivity index (χ0) is 14.5. The van der Waals surface area contributed by atoms with Crippen molar-refractivity contribution >= 4 is 29.1 Å². The fourth-order valence-corrected chi connectivity index (χ4v) is 3.00. The van der Waals surface area contributed by atoms with Crippen LogP contribution in [0.1, 0.15) is 59.3 Å². The number of rotatable bonds is 7. The predicted octanol–water partition coefficient (Wildman–Crippen LogP) is 2.52. The summed E-state index contributed by atoms with van der Waals surface area (Å²) < 4.78 is 0. The van der Waals surface area contributed by atoms with Crippen LogP contribution in [0.3, 0.4) is 0 Å². The molecule has 1 atom stereocenters. The van der Waals surface area contributed by atoms with Crippen LogP contribution in [0, 0.1) is 11.3 Å². The second-order valence-electron chi connectivity index (χ2n) is 5.36. The number of hydrogen-bond acceptors (Lipinski definition) is 3. The van der Waals surface area contributed by atoms with Crippen LogP contribution in [-0.4, -0.2) is 16.9 Å². The van der Waals surface area contributed by atoms with Crippen LogP contribution in [0.2, 0.25) is 0 Å². The van der Waals surface area contributed by atoms with Crippen LogP contribution in [0.4, 0.5) is 0 Å². The van der Waals surface area contributed by atoms with Gasteiger partial charge in [0.05, 0.1) is 0 Å². The number of carbonyl (C=O) groups is 2. The fraction of sp³-hybridized carbons (Fsp3) is 0.786. The first-order chi connectivity index (χ1) is 8.98. The summed E-state index contributed by atoms with van der Waals surface area (Å²) in [4.78, 5) is 24.8. The van der Waals surface area contributed by atoms with Crippen molar-refractivity contribution in [3.8, 4) is 0 Å². The lowest BCUT2D eigenvalue weighted by molar-refractivity contribution is -0.148. The number of carbonyl (C=O) groups excluding carboxylic acids is 2. The minimum atomic E-state index is -0.951. The molecule has 4 nitrogen and oxygen atoms in total. The Morgan fingerprint density at radius 1 is 1.11 bits per heavy atom. The molecule has 0 aromatic carbocycles. The van der Waals surface area contributed by atoms with Crippen molar-refractivity contribution in [2.24, 2.45) is 11.3 Å². The van der Waals surface area contributed by atoms with Crippen molar-refractivity contribution < 1.29 is 9.59 Å². The van der Waals surface area contributed by atoms with Gasteiger partial charge in [0.1, 0.15) is 5.41 Å². The molecule has 0 aromatic heterocycles. The molecule has 108 valence electrons. The highest BCUT2D eigenvalue weighted by atomic mass is 32.1. The summed E-state index contributed by atoms with van der Waals surface area (Å²) in [6.07, 6.45) is 5.41. The number of hydrogen-bond donors (Lipinski definition) is 2. The highest BCUT2D eigenvalue weighted by Crippen LogP contribution is 2.38. The van der Waals surface area contributed by atoms with Gasteiger partial charge >= 0.3 is 0 Å². The largest absolute Gasteiger partial charge is 0.302 e. The molecule has 0 spiro atoms. The lowest BCUT2D eigenvalue weighted by Gasteiger charge is -2.39. The Morgan fingerprint density at radius 3 is 2.16 bits per heavy atom. The lowest BCUT2D eigenvalue weighted by Crippen LogP contribution is -2.64. The summed E-state index contributed by atoms with van der Waals surface area (Å²) in [5.41, 5.74) is -0.951. The van der Waals surface area contributed by atoms with E-state index in [-0.39, 0.29) is 22.8 Å². The van der Waals surface area contributed by atoms with Crippen LogP contribution in [-0.2, 0) is 9.59 Å². The molecule has 0 radical (unpaired) electrons. The summed E-state index contributed by atoms with van der Waals surface area (Å²) in [6.45, 7) is 6.17. The summed E-state index contributed by atoms with van der Waals surface area (Å²) in [5.74, 6) is -0.422. The molecule has 5 heteroatoms. The van der Waals surface area contributed by atoms with Gasteiger partial charge in [0.2, 0.25) is 11.8 Å². The molecule has 1 heterocycles. The van der Waals surface area contributed by atoms with Gasteiger partial charge in [-0.05, 0) is 31.0 Å². The van der Waals surface area contributed by atoms with Crippen LogP contribution in [0.5, 0.6) is 0 Å². The topological polar surface area (TPSA) is 58.2 Å². The van der Waals surface area contributed by atoms with Crippen LogP contribution in [0.25, 0.3) is 0 Å². The van der Waals surface area contributed by atoms with Gasteiger partial charge in [0, 0.05) is 0 Å². The Labute approximate surface area is 120 Å². The molecule has 0 saturated carbocycles. The van der Waals surface area contributed by atoms with Crippen LogP contribution >= 0.6 is 12.2 Å². The fourth-order valence-electron chi connectivity index (χ4n) is 2.82. The highest BCUT2D eigenvalue weighted by molar-refractivity contribution is 7.80. The lowest BCUT2D eigenvalue weighted by atomic mass is 9.68. The zero-order valence-electron chi connectivity index (χ0n) is 12.0. The van der Waals surface area contributed by atoms with E-state index < -0.39 is 5.41 Å². The molecule has 1 aliphatic rings. The van der Waals surface area contributed by atoms with E-state index in [1.165, 1.54) is 0 Å². The van der Waals surface area contributed by atoms with Gasteiger partial charge in [-0.2, -0.15) is 0 Å². The van der Waals surface area contributed by atoms with Gasteiger partial charge in [-0.25, -0.2) is 0 Å². The average Bonchev–Trinajstić information content (AvgIpc) is 2.33. The van der Waals surface area contributed by atoms with Crippen molar-refractivity contribution in [2.45, 2.75) is 59.3 Å². The average molecular weight is 284 g/mol. The van der Waals surface area contributed by atoms with Gasteiger partial charge < -0.3 is 10.6 Å².